The molecule has 3 rings (SSSR count). The maximum atomic E-state index is 12.7. The number of aryl methyl sites for hydroxylation is 1. The second-order valence-corrected chi connectivity index (χ2v) is 6.38. The zero-order valence-electron chi connectivity index (χ0n) is 13.4. The SMILES string of the molecule is Cc1nc(C(F)(F)F)ccc1C(=O)N1CC[C@@H]2CNC[C@@H]2CC1.Cl. The third kappa shape index (κ3) is 3.83. The number of alkyl halides is 3. The van der Waals surface area contributed by atoms with Gasteiger partial charge < -0.3 is 10.2 Å². The molecule has 2 aliphatic rings. The smallest absolute Gasteiger partial charge is 0.339 e. The van der Waals surface area contributed by atoms with Gasteiger partial charge in [-0.25, -0.2) is 4.98 Å². The summed E-state index contributed by atoms with van der Waals surface area (Å²) in [7, 11) is 0. The molecule has 4 nitrogen and oxygen atoms in total. The van der Waals surface area contributed by atoms with Crippen molar-refractivity contribution in [1.29, 1.82) is 0 Å². The third-order valence-electron chi connectivity index (χ3n) is 4.91. The van der Waals surface area contributed by atoms with Gasteiger partial charge in [-0.3, -0.25) is 4.79 Å². The lowest BCUT2D eigenvalue weighted by atomic mass is 9.92. The fraction of sp³-hybridized carbons (Fsp3) is 0.625. The van der Waals surface area contributed by atoms with Crippen molar-refractivity contribution in [2.24, 2.45) is 11.8 Å². The van der Waals surface area contributed by atoms with Crippen molar-refractivity contribution in [1.82, 2.24) is 15.2 Å². The second-order valence-electron chi connectivity index (χ2n) is 6.38. The molecule has 0 unspecified atom stereocenters. The Morgan fingerprint density at radius 1 is 1.21 bits per heavy atom. The van der Waals surface area contributed by atoms with Crippen LogP contribution in [-0.4, -0.2) is 42.0 Å². The minimum Gasteiger partial charge on any atom is -0.339 e. The summed E-state index contributed by atoms with van der Waals surface area (Å²) < 4.78 is 38.0. The van der Waals surface area contributed by atoms with Crippen molar-refractivity contribution in [3.8, 4) is 0 Å². The van der Waals surface area contributed by atoms with Gasteiger partial charge in [0.15, 0.2) is 0 Å². The van der Waals surface area contributed by atoms with Gasteiger partial charge in [-0.1, -0.05) is 0 Å². The highest BCUT2D eigenvalue weighted by Crippen LogP contribution is 2.30. The Kier molecular flexibility index (Phi) is 5.75. The molecular weight excluding hydrogens is 343 g/mol. The predicted octanol–water partition coefficient (Wildman–Crippen LogP) is 2.90. The number of halogens is 4. The fourth-order valence-corrected chi connectivity index (χ4v) is 3.54. The number of hydrogen-bond acceptors (Lipinski definition) is 3. The Morgan fingerprint density at radius 2 is 1.79 bits per heavy atom. The quantitative estimate of drug-likeness (QED) is 0.834. The summed E-state index contributed by atoms with van der Waals surface area (Å²) in [5.41, 5.74) is -0.554. The van der Waals surface area contributed by atoms with Crippen LogP contribution in [0.1, 0.15) is 34.6 Å². The van der Waals surface area contributed by atoms with E-state index in [0.717, 1.165) is 32.0 Å². The van der Waals surface area contributed by atoms with Gasteiger partial charge in [-0.15, -0.1) is 12.4 Å². The first-order valence-electron chi connectivity index (χ1n) is 7.91. The molecule has 0 bridgehead atoms. The number of fused-ring (bicyclic) bond motifs is 1. The highest BCUT2D eigenvalue weighted by atomic mass is 35.5. The van der Waals surface area contributed by atoms with E-state index < -0.39 is 11.9 Å². The molecule has 0 aliphatic carbocycles. The molecule has 8 heteroatoms. The van der Waals surface area contributed by atoms with Crippen LogP contribution in [0, 0.1) is 18.8 Å². The third-order valence-corrected chi connectivity index (χ3v) is 4.91. The first-order chi connectivity index (χ1) is 10.9. The van der Waals surface area contributed by atoms with E-state index in [1.54, 1.807) is 4.90 Å². The van der Waals surface area contributed by atoms with E-state index >= 15 is 0 Å². The average molecular weight is 364 g/mol. The second kappa shape index (κ2) is 7.27. The highest BCUT2D eigenvalue weighted by Gasteiger charge is 2.34. The fourth-order valence-electron chi connectivity index (χ4n) is 3.54. The monoisotopic (exact) mass is 363 g/mol. The van der Waals surface area contributed by atoms with E-state index in [1.165, 1.54) is 13.0 Å². The molecule has 0 saturated carbocycles. The molecule has 1 aromatic rings. The van der Waals surface area contributed by atoms with Crippen molar-refractivity contribution in [2.75, 3.05) is 26.2 Å². The van der Waals surface area contributed by atoms with Crippen LogP contribution < -0.4 is 5.32 Å². The number of likely N-dealkylation sites (tertiary alicyclic amines) is 1. The van der Waals surface area contributed by atoms with E-state index in [1.807, 2.05) is 0 Å². The molecule has 0 spiro atoms. The first-order valence-corrected chi connectivity index (χ1v) is 7.91. The van der Waals surface area contributed by atoms with Gasteiger partial charge in [0.1, 0.15) is 5.69 Å². The Labute approximate surface area is 145 Å². The predicted molar refractivity (Wildman–Crippen MR) is 86.2 cm³/mol. The molecular formula is C16H21ClF3N3O. The summed E-state index contributed by atoms with van der Waals surface area (Å²) in [6, 6.07) is 2.14. The van der Waals surface area contributed by atoms with E-state index in [9.17, 15) is 18.0 Å². The van der Waals surface area contributed by atoms with Crippen LogP contribution in [-0.2, 0) is 6.18 Å². The molecule has 1 aromatic heterocycles. The van der Waals surface area contributed by atoms with Crippen LogP contribution in [0.2, 0.25) is 0 Å². The van der Waals surface area contributed by atoms with Crippen molar-refractivity contribution < 1.29 is 18.0 Å². The van der Waals surface area contributed by atoms with Crippen LogP contribution in [0.4, 0.5) is 13.2 Å². The van der Waals surface area contributed by atoms with Crippen LogP contribution in [0.5, 0.6) is 0 Å². The molecule has 2 atom stereocenters. The van der Waals surface area contributed by atoms with Crippen LogP contribution >= 0.6 is 12.4 Å². The minimum atomic E-state index is -4.49. The van der Waals surface area contributed by atoms with Crippen LogP contribution in [0.25, 0.3) is 0 Å². The number of hydrogen-bond donors (Lipinski definition) is 1. The summed E-state index contributed by atoms with van der Waals surface area (Å²) in [6.45, 7) is 4.75. The molecule has 0 radical (unpaired) electrons. The lowest BCUT2D eigenvalue weighted by Gasteiger charge is -2.22. The maximum absolute atomic E-state index is 12.7. The van der Waals surface area contributed by atoms with Crippen LogP contribution in [0.3, 0.4) is 0 Å². The summed E-state index contributed by atoms with van der Waals surface area (Å²) in [6.07, 6.45) is -2.60. The number of carbonyl (C=O) groups is 1. The number of carbonyl (C=O) groups excluding carboxylic acids is 1. The number of pyridine rings is 1. The minimum absolute atomic E-state index is 0. The van der Waals surface area contributed by atoms with Gasteiger partial charge in [0, 0.05) is 13.1 Å². The molecule has 2 saturated heterocycles. The number of rotatable bonds is 1. The Bertz CT molecular complexity index is 595. The van der Waals surface area contributed by atoms with Gasteiger partial charge in [0.05, 0.1) is 11.3 Å². The van der Waals surface area contributed by atoms with Crippen molar-refractivity contribution in [3.05, 3.63) is 29.1 Å². The summed E-state index contributed by atoms with van der Waals surface area (Å²) >= 11 is 0. The number of nitrogens with zero attached hydrogens (tertiary/aromatic N) is 2. The standard InChI is InChI=1S/C16H20F3N3O.ClH/c1-10-13(2-3-14(21-10)16(17,18)19)15(23)22-6-4-11-8-20-9-12(11)5-7-22;/h2-3,11-12,20H,4-9H2,1H3;1H/t11-,12+;. The molecule has 0 aromatic carbocycles. The summed E-state index contributed by atoms with van der Waals surface area (Å²) in [5, 5.41) is 3.38. The molecule has 2 fully saturated rings. The van der Waals surface area contributed by atoms with E-state index in [-0.39, 0.29) is 29.6 Å². The van der Waals surface area contributed by atoms with E-state index in [0.29, 0.717) is 24.9 Å². The molecule has 24 heavy (non-hydrogen) atoms. The average Bonchev–Trinajstić information content (AvgIpc) is 2.84. The Balaban J connectivity index is 0.00000208. The zero-order chi connectivity index (χ0) is 16.6. The largest absolute Gasteiger partial charge is 0.433 e. The number of aromatic nitrogens is 1. The summed E-state index contributed by atoms with van der Waals surface area (Å²) in [4.78, 5) is 18.0. The van der Waals surface area contributed by atoms with Crippen LogP contribution in [0.15, 0.2) is 12.1 Å². The van der Waals surface area contributed by atoms with E-state index in [4.69, 9.17) is 0 Å². The van der Waals surface area contributed by atoms with Gasteiger partial charge in [0.2, 0.25) is 0 Å². The number of nitrogens with one attached hydrogen (secondary N) is 1. The zero-order valence-corrected chi connectivity index (χ0v) is 14.2. The van der Waals surface area contributed by atoms with Crippen molar-refractivity contribution >= 4 is 18.3 Å². The van der Waals surface area contributed by atoms with Crippen molar-refractivity contribution in [3.63, 3.8) is 0 Å². The lowest BCUT2D eigenvalue weighted by molar-refractivity contribution is -0.141. The Morgan fingerprint density at radius 3 is 2.29 bits per heavy atom. The maximum Gasteiger partial charge on any atom is 0.433 e. The number of amides is 1. The normalized spacial score (nSPS) is 24.1. The lowest BCUT2D eigenvalue weighted by Crippen LogP contribution is -2.33. The van der Waals surface area contributed by atoms with Gasteiger partial charge >= 0.3 is 6.18 Å². The highest BCUT2D eigenvalue weighted by molar-refractivity contribution is 5.95. The summed E-state index contributed by atoms with van der Waals surface area (Å²) in [5.74, 6) is 0.982. The topological polar surface area (TPSA) is 45.2 Å². The molecule has 1 N–H and O–H groups in total. The molecule has 134 valence electrons. The van der Waals surface area contributed by atoms with E-state index in [2.05, 4.69) is 10.3 Å². The molecule has 3 heterocycles. The first kappa shape index (κ1) is 19.0. The van der Waals surface area contributed by atoms with Gasteiger partial charge in [-0.2, -0.15) is 13.2 Å². The van der Waals surface area contributed by atoms with Gasteiger partial charge in [-0.05, 0) is 56.8 Å². The van der Waals surface area contributed by atoms with Crippen molar-refractivity contribution in [2.45, 2.75) is 25.9 Å². The molecule has 2 aliphatic heterocycles. The Hall–Kier alpha value is -1.34. The molecule has 1 amide bonds. The van der Waals surface area contributed by atoms with Gasteiger partial charge in [0.25, 0.3) is 5.91 Å².